The highest BCUT2D eigenvalue weighted by molar-refractivity contribution is 5.35. The molecule has 0 radical (unpaired) electrons. The number of benzene rings is 1. The van der Waals surface area contributed by atoms with Crippen LogP contribution in [0.25, 0.3) is 0 Å². The van der Waals surface area contributed by atoms with Gasteiger partial charge in [-0.25, -0.2) is 0 Å². The van der Waals surface area contributed by atoms with Crippen LogP contribution in [0.5, 0.6) is 5.75 Å². The zero-order chi connectivity index (χ0) is 10.6. The average molecular weight is 189 g/mol. The lowest BCUT2D eigenvalue weighted by atomic mass is 10.0. The summed E-state index contributed by atoms with van der Waals surface area (Å²) in [6.07, 6.45) is -0.394. The highest BCUT2D eigenvalue weighted by Crippen LogP contribution is 2.26. The normalized spacial score (nSPS) is 12.2. The minimum absolute atomic E-state index is 0.394. The molecule has 0 aliphatic heterocycles. The van der Waals surface area contributed by atoms with Crippen molar-refractivity contribution in [3.63, 3.8) is 0 Å². The quantitative estimate of drug-likeness (QED) is 0.732. The zero-order valence-electron chi connectivity index (χ0n) is 8.82. The van der Waals surface area contributed by atoms with Crippen LogP contribution in [-0.4, -0.2) is 6.10 Å². The van der Waals surface area contributed by atoms with E-state index in [-0.39, 0.29) is 0 Å². The van der Waals surface area contributed by atoms with Crippen molar-refractivity contribution in [2.24, 2.45) is 0 Å². The Bertz CT molecular complexity index is 338. The zero-order valence-corrected chi connectivity index (χ0v) is 8.82. The van der Waals surface area contributed by atoms with Crippen molar-refractivity contribution in [2.45, 2.75) is 32.8 Å². The molecule has 14 heavy (non-hydrogen) atoms. The number of rotatable bonds is 3. The van der Waals surface area contributed by atoms with Crippen LogP contribution in [0.1, 0.15) is 32.3 Å². The molecule has 0 heterocycles. The van der Waals surface area contributed by atoms with Gasteiger partial charge in [-0.2, -0.15) is 5.26 Å². The second kappa shape index (κ2) is 4.66. The van der Waals surface area contributed by atoms with Crippen molar-refractivity contribution in [2.75, 3.05) is 0 Å². The van der Waals surface area contributed by atoms with E-state index in [1.807, 2.05) is 24.3 Å². The maximum atomic E-state index is 8.65. The van der Waals surface area contributed by atoms with Crippen molar-refractivity contribution in [3.05, 3.63) is 29.8 Å². The van der Waals surface area contributed by atoms with Crippen molar-refractivity contribution in [1.82, 2.24) is 0 Å². The molecule has 0 aliphatic carbocycles. The van der Waals surface area contributed by atoms with Crippen molar-refractivity contribution >= 4 is 0 Å². The van der Waals surface area contributed by atoms with Gasteiger partial charge in [0.05, 0.1) is 0 Å². The van der Waals surface area contributed by atoms with Crippen LogP contribution >= 0.6 is 0 Å². The lowest BCUT2D eigenvalue weighted by Gasteiger charge is -2.14. The first-order valence-electron chi connectivity index (χ1n) is 4.80. The molecule has 0 amide bonds. The molecule has 0 N–H and O–H groups in total. The van der Waals surface area contributed by atoms with Gasteiger partial charge >= 0.3 is 0 Å². The van der Waals surface area contributed by atoms with Crippen molar-refractivity contribution in [3.8, 4) is 11.8 Å². The summed E-state index contributed by atoms with van der Waals surface area (Å²) >= 11 is 0. The van der Waals surface area contributed by atoms with Crippen LogP contribution in [-0.2, 0) is 0 Å². The number of hydrogen-bond acceptors (Lipinski definition) is 2. The van der Waals surface area contributed by atoms with Gasteiger partial charge in [0.15, 0.2) is 6.10 Å². The monoisotopic (exact) mass is 189 g/mol. The first kappa shape index (κ1) is 10.6. The van der Waals surface area contributed by atoms with Crippen LogP contribution < -0.4 is 4.74 Å². The fourth-order valence-corrected chi connectivity index (χ4v) is 1.28. The number of para-hydroxylation sites is 1. The van der Waals surface area contributed by atoms with Gasteiger partial charge in [-0.05, 0) is 24.5 Å². The van der Waals surface area contributed by atoms with Gasteiger partial charge in [0.2, 0.25) is 0 Å². The van der Waals surface area contributed by atoms with E-state index < -0.39 is 6.10 Å². The average Bonchev–Trinajstić information content (AvgIpc) is 2.18. The Morgan fingerprint density at radius 2 is 1.86 bits per heavy atom. The number of hydrogen-bond donors (Lipinski definition) is 0. The van der Waals surface area contributed by atoms with Gasteiger partial charge in [-0.15, -0.1) is 0 Å². The van der Waals surface area contributed by atoms with E-state index in [1.54, 1.807) is 6.92 Å². The van der Waals surface area contributed by atoms with Gasteiger partial charge in [0.25, 0.3) is 0 Å². The summed E-state index contributed by atoms with van der Waals surface area (Å²) in [5.74, 6) is 1.23. The SMILES string of the molecule is CC(C#N)Oc1ccccc1C(C)C. The predicted octanol–water partition coefficient (Wildman–Crippen LogP) is 3.10. The number of ether oxygens (including phenoxy) is 1. The molecule has 0 saturated carbocycles. The molecule has 0 aromatic heterocycles. The van der Waals surface area contributed by atoms with Crippen LogP contribution in [0, 0.1) is 11.3 Å². The summed E-state index contributed by atoms with van der Waals surface area (Å²) in [4.78, 5) is 0. The summed E-state index contributed by atoms with van der Waals surface area (Å²) in [6, 6.07) is 9.90. The summed E-state index contributed by atoms with van der Waals surface area (Å²) < 4.78 is 5.49. The summed E-state index contributed by atoms with van der Waals surface area (Å²) in [5.41, 5.74) is 1.15. The molecule has 1 aromatic carbocycles. The fraction of sp³-hybridized carbons (Fsp3) is 0.417. The third kappa shape index (κ3) is 2.50. The smallest absolute Gasteiger partial charge is 0.181 e. The molecule has 0 spiro atoms. The maximum absolute atomic E-state index is 8.65. The predicted molar refractivity (Wildman–Crippen MR) is 56.2 cm³/mol. The van der Waals surface area contributed by atoms with E-state index in [1.165, 1.54) is 0 Å². The molecule has 2 heteroatoms. The van der Waals surface area contributed by atoms with Crippen LogP contribution in [0.4, 0.5) is 0 Å². The Hall–Kier alpha value is -1.49. The van der Waals surface area contributed by atoms with Crippen molar-refractivity contribution in [1.29, 1.82) is 5.26 Å². The van der Waals surface area contributed by atoms with Crippen LogP contribution in [0.2, 0.25) is 0 Å². The molecule has 0 bridgehead atoms. The standard InChI is InChI=1S/C12H15NO/c1-9(2)11-6-4-5-7-12(11)14-10(3)8-13/h4-7,9-10H,1-3H3. The van der Waals surface area contributed by atoms with Crippen LogP contribution in [0.15, 0.2) is 24.3 Å². The molecule has 74 valence electrons. The second-order valence-corrected chi connectivity index (χ2v) is 3.58. The van der Waals surface area contributed by atoms with E-state index in [2.05, 4.69) is 19.9 Å². The molecule has 1 aromatic rings. The summed E-state index contributed by atoms with van der Waals surface area (Å²) in [7, 11) is 0. The molecule has 0 aliphatic rings. The van der Waals surface area contributed by atoms with E-state index in [0.29, 0.717) is 5.92 Å². The Morgan fingerprint density at radius 3 is 2.43 bits per heavy atom. The highest BCUT2D eigenvalue weighted by Gasteiger charge is 2.09. The number of nitriles is 1. The largest absolute Gasteiger partial charge is 0.476 e. The summed E-state index contributed by atoms with van der Waals surface area (Å²) in [6.45, 7) is 5.97. The molecular formula is C12H15NO. The van der Waals surface area contributed by atoms with Gasteiger partial charge in [0, 0.05) is 0 Å². The highest BCUT2D eigenvalue weighted by atomic mass is 16.5. The Balaban J connectivity index is 2.91. The molecule has 1 unspecified atom stereocenters. The third-order valence-electron chi connectivity index (χ3n) is 2.03. The topological polar surface area (TPSA) is 33.0 Å². The van der Waals surface area contributed by atoms with Crippen molar-refractivity contribution < 1.29 is 4.74 Å². The first-order valence-corrected chi connectivity index (χ1v) is 4.80. The van der Waals surface area contributed by atoms with Gasteiger partial charge in [-0.3, -0.25) is 0 Å². The van der Waals surface area contributed by atoms with Gasteiger partial charge in [-0.1, -0.05) is 32.0 Å². The maximum Gasteiger partial charge on any atom is 0.181 e. The first-order chi connectivity index (χ1) is 6.65. The molecule has 0 fully saturated rings. The Labute approximate surface area is 85.1 Å². The molecule has 1 rings (SSSR count). The Kier molecular flexibility index (Phi) is 3.53. The molecular weight excluding hydrogens is 174 g/mol. The Morgan fingerprint density at radius 1 is 1.21 bits per heavy atom. The third-order valence-corrected chi connectivity index (χ3v) is 2.03. The lowest BCUT2D eigenvalue weighted by molar-refractivity contribution is 0.273. The lowest BCUT2D eigenvalue weighted by Crippen LogP contribution is -2.09. The minimum Gasteiger partial charge on any atom is -0.476 e. The van der Waals surface area contributed by atoms with Gasteiger partial charge < -0.3 is 4.74 Å². The molecule has 1 atom stereocenters. The molecule has 0 saturated heterocycles. The van der Waals surface area contributed by atoms with E-state index in [9.17, 15) is 0 Å². The van der Waals surface area contributed by atoms with E-state index in [4.69, 9.17) is 10.00 Å². The minimum atomic E-state index is -0.394. The summed E-state index contributed by atoms with van der Waals surface area (Å²) in [5, 5.41) is 8.65. The van der Waals surface area contributed by atoms with Crippen LogP contribution in [0.3, 0.4) is 0 Å². The second-order valence-electron chi connectivity index (χ2n) is 3.58. The van der Waals surface area contributed by atoms with E-state index in [0.717, 1.165) is 11.3 Å². The molecule has 2 nitrogen and oxygen atoms in total. The number of nitrogens with zero attached hydrogens (tertiary/aromatic N) is 1. The fourth-order valence-electron chi connectivity index (χ4n) is 1.28. The van der Waals surface area contributed by atoms with E-state index >= 15 is 0 Å². The van der Waals surface area contributed by atoms with Gasteiger partial charge in [0.1, 0.15) is 11.8 Å².